The predicted molar refractivity (Wildman–Crippen MR) is 110 cm³/mol. The zero-order chi connectivity index (χ0) is 21.4. The Morgan fingerprint density at radius 2 is 1.79 bits per heavy atom. The molecule has 0 heterocycles. The van der Waals surface area contributed by atoms with Crippen LogP contribution in [0.1, 0.15) is 16.8 Å². The second-order valence-electron chi connectivity index (χ2n) is 6.28. The molecule has 2 rings (SSSR count). The van der Waals surface area contributed by atoms with Crippen LogP contribution in [0.25, 0.3) is 0 Å². The lowest BCUT2D eigenvalue weighted by Crippen LogP contribution is -2.28. The highest BCUT2D eigenvalue weighted by Gasteiger charge is 2.12. The standard InChI is InChI=1S/C20H21BrFN3O4/c1-25(2)19(27)12-29-15-6-4-14(5-7-15)24-18(26)9-10-23-20(28)16-11-13(22)3-8-17(16)21/h3-8,11H,9-10,12H2,1-2H3,(H,23,28)(H,24,26). The number of hydrogen-bond acceptors (Lipinski definition) is 4. The summed E-state index contributed by atoms with van der Waals surface area (Å²) in [6.07, 6.45) is 0.0499. The van der Waals surface area contributed by atoms with Crippen LogP contribution in [0.3, 0.4) is 0 Å². The maximum Gasteiger partial charge on any atom is 0.259 e. The van der Waals surface area contributed by atoms with Gasteiger partial charge in [0.1, 0.15) is 11.6 Å². The topological polar surface area (TPSA) is 87.7 Å². The molecule has 0 aliphatic rings. The van der Waals surface area contributed by atoms with Gasteiger partial charge in [-0.2, -0.15) is 0 Å². The van der Waals surface area contributed by atoms with Gasteiger partial charge >= 0.3 is 0 Å². The minimum atomic E-state index is -0.519. The quantitative estimate of drug-likeness (QED) is 0.627. The number of carbonyl (C=O) groups is 3. The van der Waals surface area contributed by atoms with Gasteiger partial charge in [0.05, 0.1) is 5.56 Å². The van der Waals surface area contributed by atoms with Crippen LogP contribution < -0.4 is 15.4 Å². The largest absolute Gasteiger partial charge is 0.484 e. The van der Waals surface area contributed by atoms with Crippen molar-refractivity contribution in [3.63, 3.8) is 0 Å². The fourth-order valence-corrected chi connectivity index (χ4v) is 2.62. The molecule has 0 radical (unpaired) electrons. The molecule has 0 aliphatic carbocycles. The summed E-state index contributed by atoms with van der Waals surface area (Å²) in [5.41, 5.74) is 0.717. The van der Waals surface area contributed by atoms with Gasteiger partial charge in [-0.15, -0.1) is 0 Å². The van der Waals surface area contributed by atoms with Gasteiger partial charge in [0.25, 0.3) is 11.8 Å². The van der Waals surface area contributed by atoms with Crippen LogP contribution >= 0.6 is 15.9 Å². The molecule has 0 saturated heterocycles. The third-order valence-electron chi connectivity index (χ3n) is 3.81. The maximum absolute atomic E-state index is 13.3. The minimum absolute atomic E-state index is 0.0499. The summed E-state index contributed by atoms with van der Waals surface area (Å²) in [6.45, 7) is 0.0291. The summed E-state index contributed by atoms with van der Waals surface area (Å²) in [4.78, 5) is 37.0. The first-order valence-electron chi connectivity index (χ1n) is 8.72. The van der Waals surface area contributed by atoms with Crippen molar-refractivity contribution in [1.29, 1.82) is 0 Å². The number of halogens is 2. The van der Waals surface area contributed by atoms with Gasteiger partial charge in [0.2, 0.25) is 5.91 Å². The highest BCUT2D eigenvalue weighted by molar-refractivity contribution is 9.10. The van der Waals surface area contributed by atoms with Crippen molar-refractivity contribution in [2.45, 2.75) is 6.42 Å². The summed E-state index contributed by atoms with van der Waals surface area (Å²) in [6, 6.07) is 10.4. The van der Waals surface area contributed by atoms with Crippen LogP contribution in [0.5, 0.6) is 5.75 Å². The molecule has 3 amide bonds. The van der Waals surface area contributed by atoms with E-state index in [9.17, 15) is 18.8 Å². The lowest BCUT2D eigenvalue weighted by Gasteiger charge is -2.12. The Bertz CT molecular complexity index is 888. The molecule has 0 aliphatic heterocycles. The van der Waals surface area contributed by atoms with Crippen LogP contribution in [0, 0.1) is 5.82 Å². The number of nitrogens with zero attached hydrogens (tertiary/aromatic N) is 1. The average molecular weight is 466 g/mol. The van der Waals surface area contributed by atoms with E-state index < -0.39 is 11.7 Å². The summed E-state index contributed by atoms with van der Waals surface area (Å²) >= 11 is 3.19. The highest BCUT2D eigenvalue weighted by atomic mass is 79.9. The molecular weight excluding hydrogens is 445 g/mol. The number of amides is 3. The highest BCUT2D eigenvalue weighted by Crippen LogP contribution is 2.18. The third-order valence-corrected chi connectivity index (χ3v) is 4.50. The minimum Gasteiger partial charge on any atom is -0.484 e. The van der Waals surface area contributed by atoms with Crippen LogP contribution in [0.4, 0.5) is 10.1 Å². The molecule has 0 unspecified atom stereocenters. The van der Waals surface area contributed by atoms with Crippen LogP contribution in [-0.2, 0) is 9.59 Å². The molecule has 0 bridgehead atoms. The Labute approximate surface area is 176 Å². The van der Waals surface area contributed by atoms with E-state index in [4.69, 9.17) is 4.74 Å². The SMILES string of the molecule is CN(C)C(=O)COc1ccc(NC(=O)CCNC(=O)c2cc(F)ccc2Br)cc1. The van der Waals surface area contributed by atoms with Crippen molar-refractivity contribution in [3.8, 4) is 5.75 Å². The number of rotatable bonds is 8. The number of ether oxygens (including phenoxy) is 1. The average Bonchev–Trinajstić information content (AvgIpc) is 2.68. The van der Waals surface area contributed by atoms with E-state index in [1.165, 1.54) is 17.0 Å². The molecule has 9 heteroatoms. The first-order chi connectivity index (χ1) is 13.8. The second kappa shape index (κ2) is 10.6. The molecule has 2 aromatic carbocycles. The fourth-order valence-electron chi connectivity index (χ4n) is 2.19. The van der Waals surface area contributed by atoms with E-state index in [-0.39, 0.29) is 37.0 Å². The van der Waals surface area contributed by atoms with Gasteiger partial charge in [0.15, 0.2) is 6.61 Å². The number of likely N-dealkylation sites (N-methyl/N-ethyl adjacent to an activating group) is 1. The predicted octanol–water partition coefficient (Wildman–Crippen LogP) is 2.81. The number of carbonyl (C=O) groups excluding carboxylic acids is 3. The molecule has 154 valence electrons. The lowest BCUT2D eigenvalue weighted by atomic mass is 10.2. The van der Waals surface area contributed by atoms with Crippen molar-refractivity contribution in [2.75, 3.05) is 32.6 Å². The molecule has 0 spiro atoms. The molecule has 0 aromatic heterocycles. The molecule has 0 atom stereocenters. The Balaban J connectivity index is 1.77. The van der Waals surface area contributed by atoms with Gasteiger partial charge in [-0.05, 0) is 58.4 Å². The lowest BCUT2D eigenvalue weighted by molar-refractivity contribution is -0.130. The molecule has 29 heavy (non-hydrogen) atoms. The van der Waals surface area contributed by atoms with Crippen molar-refractivity contribution < 1.29 is 23.5 Å². The Hall–Kier alpha value is -2.94. The molecule has 7 nitrogen and oxygen atoms in total. The van der Waals surface area contributed by atoms with E-state index in [1.54, 1.807) is 38.4 Å². The number of hydrogen-bond donors (Lipinski definition) is 2. The van der Waals surface area contributed by atoms with Gasteiger partial charge in [-0.25, -0.2) is 4.39 Å². The third kappa shape index (κ3) is 7.19. The number of nitrogens with one attached hydrogen (secondary N) is 2. The van der Waals surface area contributed by atoms with Crippen molar-refractivity contribution in [1.82, 2.24) is 10.2 Å². The van der Waals surface area contributed by atoms with Gasteiger partial charge in [0, 0.05) is 37.2 Å². The monoisotopic (exact) mass is 465 g/mol. The fraction of sp³-hybridized carbons (Fsp3) is 0.250. The van der Waals surface area contributed by atoms with Gasteiger partial charge in [-0.1, -0.05) is 0 Å². The summed E-state index contributed by atoms with van der Waals surface area (Å²) in [5, 5.41) is 5.27. The van der Waals surface area contributed by atoms with Crippen molar-refractivity contribution in [3.05, 3.63) is 58.3 Å². The zero-order valence-corrected chi connectivity index (χ0v) is 17.6. The van der Waals surface area contributed by atoms with E-state index in [1.807, 2.05) is 0 Å². The summed E-state index contributed by atoms with van der Waals surface area (Å²) < 4.78 is 19.1. The van der Waals surface area contributed by atoms with Crippen molar-refractivity contribution >= 4 is 39.3 Å². The molecule has 2 N–H and O–H groups in total. The Kier molecular flexibility index (Phi) is 8.14. The molecule has 2 aromatic rings. The maximum atomic E-state index is 13.3. The Morgan fingerprint density at radius 1 is 1.10 bits per heavy atom. The summed E-state index contributed by atoms with van der Waals surface area (Å²) in [5.74, 6) is -0.937. The van der Waals surface area contributed by atoms with Crippen LogP contribution in [0.15, 0.2) is 46.9 Å². The summed E-state index contributed by atoms with van der Waals surface area (Å²) in [7, 11) is 3.29. The first kappa shape index (κ1) is 22.4. The normalized spacial score (nSPS) is 10.2. The van der Waals surface area contributed by atoms with Crippen molar-refractivity contribution in [2.24, 2.45) is 0 Å². The van der Waals surface area contributed by atoms with E-state index in [0.717, 1.165) is 6.07 Å². The smallest absolute Gasteiger partial charge is 0.259 e. The first-order valence-corrected chi connectivity index (χ1v) is 9.51. The van der Waals surface area contributed by atoms with E-state index in [0.29, 0.717) is 15.9 Å². The van der Waals surface area contributed by atoms with Gasteiger partial charge < -0.3 is 20.3 Å². The molecular formula is C20H21BrFN3O4. The van der Waals surface area contributed by atoms with Gasteiger partial charge in [-0.3, -0.25) is 14.4 Å². The molecule has 0 saturated carbocycles. The second-order valence-corrected chi connectivity index (χ2v) is 7.13. The van der Waals surface area contributed by atoms with E-state index in [2.05, 4.69) is 26.6 Å². The Morgan fingerprint density at radius 3 is 2.45 bits per heavy atom. The van der Waals surface area contributed by atoms with Crippen LogP contribution in [0.2, 0.25) is 0 Å². The number of benzene rings is 2. The van der Waals surface area contributed by atoms with Crippen LogP contribution in [-0.4, -0.2) is 49.9 Å². The van der Waals surface area contributed by atoms with E-state index >= 15 is 0 Å². The zero-order valence-electron chi connectivity index (χ0n) is 16.0. The number of anilines is 1. The molecule has 0 fully saturated rings.